The highest BCUT2D eigenvalue weighted by atomic mass is 32.1. The van der Waals surface area contributed by atoms with Gasteiger partial charge in [0.15, 0.2) is 5.11 Å². The van der Waals surface area contributed by atoms with Crippen LogP contribution in [0.1, 0.15) is 20.3 Å². The van der Waals surface area contributed by atoms with Crippen LogP contribution >= 0.6 is 12.2 Å². The Bertz CT molecular complexity index is 401. The second-order valence-electron chi connectivity index (χ2n) is 4.10. The molecule has 0 saturated heterocycles. The average molecular weight is 284 g/mol. The van der Waals surface area contributed by atoms with Gasteiger partial charge in [-0.25, -0.2) is 9.97 Å². The molecule has 0 aromatic carbocycles. The second-order valence-corrected chi connectivity index (χ2v) is 4.51. The third kappa shape index (κ3) is 6.88. The number of rotatable bonds is 7. The van der Waals surface area contributed by atoms with Crippen molar-refractivity contribution in [3.8, 4) is 5.88 Å². The molecule has 2 N–H and O–H groups in total. The Morgan fingerprint density at radius 1 is 1.42 bits per heavy atom. The predicted octanol–water partition coefficient (Wildman–Crippen LogP) is 1.59. The molecular weight excluding hydrogens is 264 g/mol. The summed E-state index contributed by atoms with van der Waals surface area (Å²) in [6, 6.07) is 1.68. The molecule has 0 aliphatic carbocycles. The summed E-state index contributed by atoms with van der Waals surface area (Å²) in [5, 5.41) is 6.56. The first-order chi connectivity index (χ1) is 9.11. The highest BCUT2D eigenvalue weighted by Gasteiger charge is 2.01. The summed E-state index contributed by atoms with van der Waals surface area (Å²) in [5.74, 6) is 1.09. The van der Waals surface area contributed by atoms with Crippen molar-refractivity contribution in [1.29, 1.82) is 0 Å². The molecule has 0 radical (unpaired) electrons. The van der Waals surface area contributed by atoms with Gasteiger partial charge in [0.2, 0.25) is 5.88 Å². The summed E-state index contributed by atoms with van der Waals surface area (Å²) < 4.78 is 10.4. The van der Waals surface area contributed by atoms with Crippen molar-refractivity contribution in [3.63, 3.8) is 0 Å². The van der Waals surface area contributed by atoms with Gasteiger partial charge < -0.3 is 20.1 Å². The van der Waals surface area contributed by atoms with E-state index in [1.165, 1.54) is 6.33 Å². The molecule has 1 rings (SSSR count). The maximum absolute atomic E-state index is 5.43. The maximum atomic E-state index is 5.43. The molecule has 0 atom stereocenters. The van der Waals surface area contributed by atoms with Gasteiger partial charge in [-0.2, -0.15) is 0 Å². The van der Waals surface area contributed by atoms with Crippen LogP contribution in [0.25, 0.3) is 0 Å². The fraction of sp³-hybridized carbons (Fsp3) is 0.583. The Morgan fingerprint density at radius 3 is 2.89 bits per heavy atom. The molecular formula is C12H20N4O2S. The number of nitrogens with zero attached hydrogens (tertiary/aromatic N) is 2. The monoisotopic (exact) mass is 284 g/mol. The highest BCUT2D eigenvalue weighted by molar-refractivity contribution is 7.80. The number of hydrogen-bond acceptors (Lipinski definition) is 5. The lowest BCUT2D eigenvalue weighted by atomic mass is 10.4. The summed E-state index contributed by atoms with van der Waals surface area (Å²) >= 11 is 5.15. The minimum atomic E-state index is 0.263. The van der Waals surface area contributed by atoms with E-state index in [-0.39, 0.29) is 6.10 Å². The fourth-order valence-electron chi connectivity index (χ4n) is 1.27. The molecule has 0 spiro atoms. The minimum absolute atomic E-state index is 0.263. The van der Waals surface area contributed by atoms with Crippen LogP contribution in [0.5, 0.6) is 5.88 Å². The van der Waals surface area contributed by atoms with Gasteiger partial charge in [0.25, 0.3) is 0 Å². The van der Waals surface area contributed by atoms with Gasteiger partial charge in [0.1, 0.15) is 12.1 Å². The molecule has 1 aromatic rings. The average Bonchev–Trinajstić information content (AvgIpc) is 2.38. The number of thiocarbonyl (C=S) groups is 1. The van der Waals surface area contributed by atoms with E-state index in [9.17, 15) is 0 Å². The number of hydrogen-bond donors (Lipinski definition) is 2. The first-order valence-electron chi connectivity index (χ1n) is 6.14. The van der Waals surface area contributed by atoms with Crippen molar-refractivity contribution in [3.05, 3.63) is 12.4 Å². The van der Waals surface area contributed by atoms with Crippen LogP contribution in [0.3, 0.4) is 0 Å². The summed E-state index contributed by atoms with van der Waals surface area (Å²) in [5.41, 5.74) is 0. The summed E-state index contributed by atoms with van der Waals surface area (Å²) in [6.07, 6.45) is 2.58. The van der Waals surface area contributed by atoms with Gasteiger partial charge in [-0.1, -0.05) is 0 Å². The van der Waals surface area contributed by atoms with Crippen LogP contribution < -0.4 is 15.4 Å². The van der Waals surface area contributed by atoms with Crippen molar-refractivity contribution < 1.29 is 9.47 Å². The van der Waals surface area contributed by atoms with Gasteiger partial charge in [0.05, 0.1) is 13.2 Å². The number of nitrogens with one attached hydrogen (secondary N) is 2. The molecule has 0 aliphatic heterocycles. The van der Waals surface area contributed by atoms with Gasteiger partial charge in [0, 0.05) is 19.2 Å². The predicted molar refractivity (Wildman–Crippen MR) is 78.5 cm³/mol. The number of ether oxygens (including phenoxy) is 2. The molecule has 0 fully saturated rings. The maximum Gasteiger partial charge on any atom is 0.218 e. The minimum Gasteiger partial charge on any atom is -0.481 e. The second kappa shape index (κ2) is 8.60. The molecule has 1 aromatic heterocycles. The Labute approximate surface area is 118 Å². The SMILES string of the molecule is COc1cc(NC(=S)NCCCOC(C)C)ncn1. The molecule has 1 heterocycles. The molecule has 106 valence electrons. The Morgan fingerprint density at radius 2 is 2.21 bits per heavy atom. The third-order valence-corrected chi connectivity index (χ3v) is 2.40. The fourth-order valence-corrected chi connectivity index (χ4v) is 1.48. The normalized spacial score (nSPS) is 10.3. The summed E-state index contributed by atoms with van der Waals surface area (Å²) in [6.45, 7) is 5.50. The summed E-state index contributed by atoms with van der Waals surface area (Å²) in [7, 11) is 1.55. The van der Waals surface area contributed by atoms with E-state index in [4.69, 9.17) is 21.7 Å². The smallest absolute Gasteiger partial charge is 0.218 e. The van der Waals surface area contributed by atoms with Crippen molar-refractivity contribution in [1.82, 2.24) is 15.3 Å². The van der Waals surface area contributed by atoms with Crippen molar-refractivity contribution in [2.75, 3.05) is 25.6 Å². The molecule has 7 heteroatoms. The van der Waals surface area contributed by atoms with Gasteiger partial charge in [-0.15, -0.1) is 0 Å². The van der Waals surface area contributed by atoms with E-state index in [0.29, 0.717) is 23.4 Å². The lowest BCUT2D eigenvalue weighted by Crippen LogP contribution is -2.30. The number of anilines is 1. The van der Waals surface area contributed by atoms with Crippen LogP contribution in [-0.4, -0.2) is 41.4 Å². The standard InChI is InChI=1S/C12H20N4O2S/c1-9(2)18-6-4-5-13-12(19)16-10-7-11(17-3)15-8-14-10/h7-9H,4-6H2,1-3H3,(H2,13,14,15,16,19). The number of aromatic nitrogens is 2. The molecule has 0 aliphatic rings. The van der Waals surface area contributed by atoms with E-state index < -0.39 is 0 Å². The zero-order valence-electron chi connectivity index (χ0n) is 11.5. The van der Waals surface area contributed by atoms with Crippen LogP contribution in [0, 0.1) is 0 Å². The van der Waals surface area contributed by atoms with E-state index in [1.54, 1.807) is 13.2 Å². The van der Waals surface area contributed by atoms with Gasteiger partial charge >= 0.3 is 0 Å². The van der Waals surface area contributed by atoms with E-state index in [0.717, 1.165) is 13.0 Å². The largest absolute Gasteiger partial charge is 0.481 e. The van der Waals surface area contributed by atoms with Crippen LogP contribution in [0.4, 0.5) is 5.82 Å². The van der Waals surface area contributed by atoms with Crippen LogP contribution in [0.15, 0.2) is 12.4 Å². The zero-order chi connectivity index (χ0) is 14.1. The van der Waals surface area contributed by atoms with Gasteiger partial charge in [-0.05, 0) is 32.5 Å². The van der Waals surface area contributed by atoms with Crippen molar-refractivity contribution in [2.24, 2.45) is 0 Å². The Balaban J connectivity index is 2.23. The molecule has 19 heavy (non-hydrogen) atoms. The lowest BCUT2D eigenvalue weighted by Gasteiger charge is -2.11. The van der Waals surface area contributed by atoms with Crippen LogP contribution in [0.2, 0.25) is 0 Å². The lowest BCUT2D eigenvalue weighted by molar-refractivity contribution is 0.0777. The molecule has 0 saturated carbocycles. The summed E-state index contributed by atoms with van der Waals surface area (Å²) in [4.78, 5) is 7.96. The Kier molecular flexibility index (Phi) is 7.06. The molecule has 0 unspecified atom stereocenters. The van der Waals surface area contributed by atoms with E-state index in [1.807, 2.05) is 13.8 Å². The van der Waals surface area contributed by atoms with Gasteiger partial charge in [-0.3, -0.25) is 0 Å². The first-order valence-corrected chi connectivity index (χ1v) is 6.55. The van der Waals surface area contributed by atoms with Crippen LogP contribution in [-0.2, 0) is 4.74 Å². The van der Waals surface area contributed by atoms with Crippen molar-refractivity contribution in [2.45, 2.75) is 26.4 Å². The molecule has 6 nitrogen and oxygen atoms in total. The van der Waals surface area contributed by atoms with Crippen molar-refractivity contribution >= 4 is 23.1 Å². The molecule has 0 amide bonds. The topological polar surface area (TPSA) is 68.3 Å². The highest BCUT2D eigenvalue weighted by Crippen LogP contribution is 2.09. The Hall–Kier alpha value is -1.47. The first kappa shape index (κ1) is 15.6. The quantitative estimate of drug-likeness (QED) is 0.582. The number of methoxy groups -OCH3 is 1. The zero-order valence-corrected chi connectivity index (χ0v) is 12.3. The third-order valence-electron chi connectivity index (χ3n) is 2.15. The molecule has 0 bridgehead atoms. The van der Waals surface area contributed by atoms with E-state index >= 15 is 0 Å². The van der Waals surface area contributed by atoms with E-state index in [2.05, 4.69) is 20.6 Å².